The van der Waals surface area contributed by atoms with Gasteiger partial charge in [0.2, 0.25) is 0 Å². The number of benzene rings is 1. The van der Waals surface area contributed by atoms with E-state index in [0.717, 1.165) is 48.4 Å². The van der Waals surface area contributed by atoms with Gasteiger partial charge in [-0.15, -0.1) is 0 Å². The summed E-state index contributed by atoms with van der Waals surface area (Å²) in [4.78, 5) is 15.0. The SMILES string of the molecule is Cc1cc(C)n(C[C@@H]2CCCN2C(=O)c2ccc3c(c2)COC3)n1. The van der Waals surface area contributed by atoms with Crippen molar-refractivity contribution in [1.82, 2.24) is 14.7 Å². The van der Waals surface area contributed by atoms with Crippen LogP contribution in [0.2, 0.25) is 0 Å². The molecular weight excluding hydrogens is 302 g/mol. The third-order valence-corrected chi connectivity index (χ3v) is 5.09. The molecule has 0 saturated carbocycles. The second-order valence-corrected chi connectivity index (χ2v) is 6.88. The molecule has 2 aliphatic heterocycles. The highest BCUT2D eigenvalue weighted by Crippen LogP contribution is 2.25. The number of aromatic nitrogens is 2. The number of rotatable bonds is 3. The second-order valence-electron chi connectivity index (χ2n) is 6.88. The zero-order valence-electron chi connectivity index (χ0n) is 14.3. The minimum absolute atomic E-state index is 0.133. The summed E-state index contributed by atoms with van der Waals surface area (Å²) in [5.74, 6) is 0.133. The van der Waals surface area contributed by atoms with Crippen LogP contribution in [-0.2, 0) is 24.5 Å². The van der Waals surface area contributed by atoms with Gasteiger partial charge in [0.15, 0.2) is 0 Å². The molecule has 1 aromatic heterocycles. The van der Waals surface area contributed by atoms with Gasteiger partial charge in [0.05, 0.1) is 31.5 Å². The van der Waals surface area contributed by atoms with Crippen molar-refractivity contribution in [2.24, 2.45) is 0 Å². The van der Waals surface area contributed by atoms with Crippen molar-refractivity contribution in [3.63, 3.8) is 0 Å². The summed E-state index contributed by atoms with van der Waals surface area (Å²) < 4.78 is 7.48. The van der Waals surface area contributed by atoms with Gasteiger partial charge in [0.1, 0.15) is 0 Å². The Hall–Kier alpha value is -2.14. The lowest BCUT2D eigenvalue weighted by Gasteiger charge is -2.25. The number of nitrogens with zero attached hydrogens (tertiary/aromatic N) is 3. The van der Waals surface area contributed by atoms with Crippen molar-refractivity contribution in [3.05, 3.63) is 52.3 Å². The Bertz CT molecular complexity index is 781. The van der Waals surface area contributed by atoms with E-state index < -0.39 is 0 Å². The fourth-order valence-electron chi connectivity index (χ4n) is 3.82. The summed E-state index contributed by atoms with van der Waals surface area (Å²) >= 11 is 0. The highest BCUT2D eigenvalue weighted by atomic mass is 16.5. The van der Waals surface area contributed by atoms with E-state index >= 15 is 0 Å². The minimum Gasteiger partial charge on any atom is -0.372 e. The van der Waals surface area contributed by atoms with Crippen LogP contribution in [0.1, 0.15) is 45.7 Å². The van der Waals surface area contributed by atoms with E-state index in [1.807, 2.05) is 34.7 Å². The van der Waals surface area contributed by atoms with Crippen LogP contribution in [0, 0.1) is 13.8 Å². The minimum atomic E-state index is 0.133. The largest absolute Gasteiger partial charge is 0.372 e. The quantitative estimate of drug-likeness (QED) is 0.872. The van der Waals surface area contributed by atoms with Crippen LogP contribution in [0.25, 0.3) is 0 Å². The molecule has 1 fully saturated rings. The van der Waals surface area contributed by atoms with E-state index in [0.29, 0.717) is 13.2 Å². The van der Waals surface area contributed by atoms with Crippen LogP contribution in [-0.4, -0.2) is 33.2 Å². The molecule has 2 aromatic rings. The molecule has 1 amide bonds. The highest BCUT2D eigenvalue weighted by molar-refractivity contribution is 5.95. The Morgan fingerprint density at radius 3 is 2.88 bits per heavy atom. The molecule has 2 aliphatic rings. The van der Waals surface area contributed by atoms with Crippen molar-refractivity contribution < 1.29 is 9.53 Å². The number of likely N-dealkylation sites (tertiary alicyclic amines) is 1. The Morgan fingerprint density at radius 2 is 2.08 bits per heavy atom. The van der Waals surface area contributed by atoms with Crippen molar-refractivity contribution in [1.29, 1.82) is 0 Å². The number of carbonyl (C=O) groups excluding carboxylic acids is 1. The number of hydrogen-bond donors (Lipinski definition) is 0. The van der Waals surface area contributed by atoms with Gasteiger partial charge in [-0.2, -0.15) is 5.10 Å². The molecule has 0 unspecified atom stereocenters. The first-order valence-corrected chi connectivity index (χ1v) is 8.63. The summed E-state index contributed by atoms with van der Waals surface area (Å²) in [6, 6.07) is 8.28. The van der Waals surface area contributed by atoms with Crippen molar-refractivity contribution >= 4 is 5.91 Å². The number of hydrogen-bond acceptors (Lipinski definition) is 3. The highest BCUT2D eigenvalue weighted by Gasteiger charge is 2.30. The predicted octanol–water partition coefficient (Wildman–Crippen LogP) is 2.83. The molecule has 126 valence electrons. The van der Waals surface area contributed by atoms with Gasteiger partial charge in [-0.1, -0.05) is 6.07 Å². The molecule has 3 heterocycles. The lowest BCUT2D eigenvalue weighted by atomic mass is 10.1. The molecule has 0 aliphatic carbocycles. The van der Waals surface area contributed by atoms with E-state index in [9.17, 15) is 4.79 Å². The van der Waals surface area contributed by atoms with Gasteiger partial charge in [0, 0.05) is 17.8 Å². The third-order valence-electron chi connectivity index (χ3n) is 5.09. The van der Waals surface area contributed by atoms with E-state index in [2.05, 4.69) is 18.1 Å². The Balaban J connectivity index is 1.54. The van der Waals surface area contributed by atoms with E-state index in [-0.39, 0.29) is 11.9 Å². The van der Waals surface area contributed by atoms with Crippen LogP contribution in [0.4, 0.5) is 0 Å². The standard InChI is InChI=1S/C19H23N3O2/c1-13-8-14(2)22(20-13)10-18-4-3-7-21(18)19(23)15-5-6-16-11-24-12-17(16)9-15/h5-6,8-9,18H,3-4,7,10-12H2,1-2H3/t18-/m0/s1. The van der Waals surface area contributed by atoms with Gasteiger partial charge in [-0.3, -0.25) is 9.48 Å². The summed E-state index contributed by atoms with van der Waals surface area (Å²) in [7, 11) is 0. The van der Waals surface area contributed by atoms with E-state index in [1.165, 1.54) is 5.56 Å². The first kappa shape index (κ1) is 15.4. The maximum Gasteiger partial charge on any atom is 0.254 e. The van der Waals surface area contributed by atoms with Gasteiger partial charge >= 0.3 is 0 Å². The zero-order valence-corrected chi connectivity index (χ0v) is 14.3. The number of fused-ring (bicyclic) bond motifs is 1. The smallest absolute Gasteiger partial charge is 0.254 e. The fourth-order valence-corrected chi connectivity index (χ4v) is 3.82. The van der Waals surface area contributed by atoms with Gasteiger partial charge in [-0.05, 0) is 56.0 Å². The Labute approximate surface area is 142 Å². The third kappa shape index (κ3) is 2.73. The summed E-state index contributed by atoms with van der Waals surface area (Å²) in [6.45, 7) is 6.96. The monoisotopic (exact) mass is 325 g/mol. The molecule has 5 nitrogen and oxygen atoms in total. The summed E-state index contributed by atoms with van der Waals surface area (Å²) in [6.07, 6.45) is 2.10. The van der Waals surface area contributed by atoms with Crippen molar-refractivity contribution in [2.45, 2.75) is 52.5 Å². The van der Waals surface area contributed by atoms with Crippen LogP contribution >= 0.6 is 0 Å². The lowest BCUT2D eigenvalue weighted by Crippen LogP contribution is -2.38. The van der Waals surface area contributed by atoms with E-state index in [4.69, 9.17) is 4.74 Å². The van der Waals surface area contributed by atoms with Crippen LogP contribution in [0.3, 0.4) is 0 Å². The van der Waals surface area contributed by atoms with E-state index in [1.54, 1.807) is 0 Å². The molecule has 1 aromatic carbocycles. The van der Waals surface area contributed by atoms with Gasteiger partial charge in [-0.25, -0.2) is 0 Å². The molecule has 0 N–H and O–H groups in total. The average Bonchev–Trinajstić information content (AvgIpc) is 3.27. The molecule has 5 heteroatoms. The fraction of sp³-hybridized carbons (Fsp3) is 0.474. The zero-order chi connectivity index (χ0) is 16.7. The first-order valence-electron chi connectivity index (χ1n) is 8.63. The molecule has 1 atom stereocenters. The molecule has 0 bridgehead atoms. The molecule has 0 radical (unpaired) electrons. The van der Waals surface area contributed by atoms with Crippen LogP contribution in [0.15, 0.2) is 24.3 Å². The number of carbonyl (C=O) groups is 1. The van der Waals surface area contributed by atoms with Crippen LogP contribution < -0.4 is 0 Å². The van der Waals surface area contributed by atoms with Crippen molar-refractivity contribution in [3.8, 4) is 0 Å². The topological polar surface area (TPSA) is 47.4 Å². The molecular formula is C19H23N3O2. The molecule has 4 rings (SSSR count). The number of aryl methyl sites for hydroxylation is 2. The normalized spacial score (nSPS) is 19.8. The van der Waals surface area contributed by atoms with Crippen molar-refractivity contribution in [2.75, 3.05) is 6.54 Å². The molecule has 24 heavy (non-hydrogen) atoms. The summed E-state index contributed by atoms with van der Waals surface area (Å²) in [5, 5.41) is 4.55. The van der Waals surface area contributed by atoms with Crippen LogP contribution in [0.5, 0.6) is 0 Å². The van der Waals surface area contributed by atoms with Gasteiger partial charge < -0.3 is 9.64 Å². The number of ether oxygens (including phenoxy) is 1. The maximum atomic E-state index is 13.0. The molecule has 0 spiro atoms. The van der Waals surface area contributed by atoms with Gasteiger partial charge in [0.25, 0.3) is 5.91 Å². The predicted molar refractivity (Wildman–Crippen MR) is 90.7 cm³/mol. The maximum absolute atomic E-state index is 13.0. The molecule has 1 saturated heterocycles. The Kier molecular flexibility index (Phi) is 3.88. The summed E-state index contributed by atoms with van der Waals surface area (Å²) in [5.41, 5.74) is 5.31. The first-order chi connectivity index (χ1) is 11.6. The lowest BCUT2D eigenvalue weighted by molar-refractivity contribution is 0.0721. The average molecular weight is 325 g/mol. The second kappa shape index (κ2) is 6.06. The Morgan fingerprint density at radius 1 is 1.25 bits per heavy atom. The number of amides is 1.